The summed E-state index contributed by atoms with van der Waals surface area (Å²) < 4.78 is 4.56. The topological polar surface area (TPSA) is 9.23 Å². The van der Waals surface area contributed by atoms with Crippen LogP contribution in [-0.2, 0) is 4.74 Å². The largest absolute Gasteiger partial charge is 0.460 e. The van der Waals surface area contributed by atoms with Crippen LogP contribution in [0.3, 0.4) is 0 Å². The van der Waals surface area contributed by atoms with Crippen molar-refractivity contribution in [3.63, 3.8) is 0 Å². The van der Waals surface area contributed by atoms with E-state index in [1.54, 1.807) is 23.4 Å². The second kappa shape index (κ2) is 1.92. The van der Waals surface area contributed by atoms with Gasteiger partial charge in [0, 0.05) is 10.8 Å². The van der Waals surface area contributed by atoms with Gasteiger partial charge in [0.05, 0.1) is 6.26 Å². The van der Waals surface area contributed by atoms with Gasteiger partial charge in [0.15, 0.2) is 6.26 Å². The van der Waals surface area contributed by atoms with Crippen LogP contribution < -0.4 is 0 Å². The first-order valence-corrected chi connectivity index (χ1v) is 2.48. The molecule has 2 heteroatoms. The molecule has 0 fully saturated rings. The lowest BCUT2D eigenvalue weighted by Gasteiger charge is -1.89. The fourth-order valence-corrected chi connectivity index (χ4v) is 0.503. The fraction of sp³-hybridized carbons (Fsp3) is 0. The lowest BCUT2D eigenvalue weighted by Crippen LogP contribution is -1.66. The molecule has 0 aromatic carbocycles. The molecule has 0 atom stereocenters. The van der Waals surface area contributed by atoms with Crippen molar-refractivity contribution in [1.82, 2.24) is 0 Å². The third kappa shape index (κ3) is 0.792. The summed E-state index contributed by atoms with van der Waals surface area (Å²) >= 11 is 1.55. The van der Waals surface area contributed by atoms with Crippen LogP contribution in [0.1, 0.15) is 0 Å². The van der Waals surface area contributed by atoms with Crippen molar-refractivity contribution in [2.24, 2.45) is 0 Å². The SMILES string of the molecule is [C]1=CSC=CO1. The Morgan fingerprint density at radius 2 is 2.67 bits per heavy atom. The Balaban J connectivity index is 2.40. The number of rotatable bonds is 0. The van der Waals surface area contributed by atoms with Gasteiger partial charge in [-0.2, -0.15) is 0 Å². The molecule has 1 nitrogen and oxygen atoms in total. The maximum atomic E-state index is 4.56. The van der Waals surface area contributed by atoms with Crippen LogP contribution in [0.25, 0.3) is 0 Å². The van der Waals surface area contributed by atoms with Crippen LogP contribution in [0.15, 0.2) is 17.1 Å². The quantitative estimate of drug-likeness (QED) is 0.455. The van der Waals surface area contributed by atoms with Gasteiger partial charge in [0.2, 0.25) is 0 Å². The molecular formula is C4H3OS. The van der Waals surface area contributed by atoms with Crippen molar-refractivity contribution < 1.29 is 4.74 Å². The van der Waals surface area contributed by atoms with E-state index in [1.165, 1.54) is 0 Å². The molecule has 1 rings (SSSR count). The Bertz CT molecular complexity index is 65.5. The Hall–Kier alpha value is -0.370. The summed E-state index contributed by atoms with van der Waals surface area (Å²) in [7, 11) is 0. The summed E-state index contributed by atoms with van der Waals surface area (Å²) in [4.78, 5) is 0. The zero-order valence-corrected chi connectivity index (χ0v) is 3.87. The van der Waals surface area contributed by atoms with Gasteiger partial charge in [-0.25, -0.2) is 0 Å². The highest BCUT2D eigenvalue weighted by molar-refractivity contribution is 8.04. The summed E-state index contributed by atoms with van der Waals surface area (Å²) in [6.45, 7) is 0. The standard InChI is InChI=1S/C4H3OS/c1-3-6-4-2-5-1/h1,3-4H. The first-order chi connectivity index (χ1) is 3.00. The van der Waals surface area contributed by atoms with E-state index in [1.807, 2.05) is 5.41 Å². The lowest BCUT2D eigenvalue weighted by molar-refractivity contribution is 0.376. The Labute approximate surface area is 40.7 Å². The van der Waals surface area contributed by atoms with E-state index in [4.69, 9.17) is 0 Å². The lowest BCUT2D eigenvalue weighted by atomic mass is 11.0. The van der Waals surface area contributed by atoms with Crippen LogP contribution in [0, 0.1) is 6.26 Å². The summed E-state index contributed by atoms with van der Waals surface area (Å²) in [5.74, 6) is 0. The van der Waals surface area contributed by atoms with E-state index in [0.29, 0.717) is 0 Å². The molecule has 1 aliphatic rings. The average molecular weight is 99.1 g/mol. The van der Waals surface area contributed by atoms with Gasteiger partial charge < -0.3 is 4.74 Å². The Morgan fingerprint density at radius 3 is 2.83 bits per heavy atom. The first-order valence-electron chi connectivity index (χ1n) is 1.53. The molecule has 31 valence electrons. The molecule has 0 N–H and O–H groups in total. The third-order valence-electron chi connectivity index (χ3n) is 0.386. The first kappa shape index (κ1) is 3.81. The molecule has 0 spiro atoms. The maximum Gasteiger partial charge on any atom is 0.176 e. The molecule has 0 saturated carbocycles. The third-order valence-corrected chi connectivity index (χ3v) is 0.887. The molecule has 1 aliphatic heterocycles. The van der Waals surface area contributed by atoms with Gasteiger partial charge in [-0.15, -0.1) is 0 Å². The molecule has 0 saturated heterocycles. The molecule has 0 unspecified atom stereocenters. The van der Waals surface area contributed by atoms with Gasteiger partial charge in [0.25, 0.3) is 0 Å². The molecule has 0 aromatic heterocycles. The number of thioether (sulfide) groups is 1. The molecule has 1 radical (unpaired) electrons. The minimum absolute atomic E-state index is 1.55. The summed E-state index contributed by atoms with van der Waals surface area (Å²) in [5, 5.41) is 3.59. The van der Waals surface area contributed by atoms with Crippen molar-refractivity contribution >= 4 is 11.8 Å². The predicted octanol–water partition coefficient (Wildman–Crippen LogP) is 1.50. The van der Waals surface area contributed by atoms with Crippen molar-refractivity contribution in [2.45, 2.75) is 0 Å². The summed E-state index contributed by atoms with van der Waals surface area (Å²) in [6.07, 6.45) is 4.12. The van der Waals surface area contributed by atoms with E-state index >= 15 is 0 Å². The molecule has 1 heterocycles. The minimum atomic E-state index is 1.55. The van der Waals surface area contributed by atoms with Gasteiger partial charge in [-0.1, -0.05) is 11.8 Å². The van der Waals surface area contributed by atoms with Crippen LogP contribution in [0.5, 0.6) is 0 Å². The number of ether oxygens (including phenoxy) is 1. The number of hydrogen-bond acceptors (Lipinski definition) is 2. The molecule has 0 amide bonds. The number of hydrogen-bond donors (Lipinski definition) is 0. The van der Waals surface area contributed by atoms with Gasteiger partial charge in [0.1, 0.15) is 0 Å². The fourth-order valence-electron chi connectivity index (χ4n) is 0.194. The van der Waals surface area contributed by atoms with Crippen LogP contribution in [0.4, 0.5) is 0 Å². The monoisotopic (exact) mass is 99.0 g/mol. The van der Waals surface area contributed by atoms with E-state index in [9.17, 15) is 0 Å². The molecule has 6 heavy (non-hydrogen) atoms. The van der Waals surface area contributed by atoms with Gasteiger partial charge >= 0.3 is 0 Å². The van der Waals surface area contributed by atoms with E-state index in [2.05, 4.69) is 11.0 Å². The van der Waals surface area contributed by atoms with E-state index in [-0.39, 0.29) is 0 Å². The highest BCUT2D eigenvalue weighted by Gasteiger charge is 1.77. The minimum Gasteiger partial charge on any atom is -0.460 e. The van der Waals surface area contributed by atoms with Crippen LogP contribution in [0.2, 0.25) is 0 Å². The second-order valence-electron chi connectivity index (χ2n) is 0.762. The van der Waals surface area contributed by atoms with E-state index < -0.39 is 0 Å². The van der Waals surface area contributed by atoms with Crippen LogP contribution in [-0.4, -0.2) is 0 Å². The summed E-state index contributed by atoms with van der Waals surface area (Å²) in [5.41, 5.74) is 0. The van der Waals surface area contributed by atoms with Gasteiger partial charge in [-0.05, 0) is 0 Å². The van der Waals surface area contributed by atoms with Crippen LogP contribution >= 0.6 is 11.8 Å². The normalized spacial score (nSPS) is 17.3. The highest BCUT2D eigenvalue weighted by atomic mass is 32.2. The van der Waals surface area contributed by atoms with Gasteiger partial charge in [-0.3, -0.25) is 0 Å². The zero-order valence-electron chi connectivity index (χ0n) is 3.05. The second-order valence-corrected chi connectivity index (χ2v) is 1.54. The van der Waals surface area contributed by atoms with Crippen molar-refractivity contribution in [1.29, 1.82) is 0 Å². The molecule has 0 aromatic rings. The zero-order chi connectivity index (χ0) is 4.24. The van der Waals surface area contributed by atoms with Crippen molar-refractivity contribution in [3.8, 4) is 0 Å². The highest BCUT2D eigenvalue weighted by Crippen LogP contribution is 2.07. The maximum absolute atomic E-state index is 4.56. The van der Waals surface area contributed by atoms with Crippen molar-refractivity contribution in [3.05, 3.63) is 23.3 Å². The van der Waals surface area contributed by atoms with Crippen molar-refractivity contribution in [2.75, 3.05) is 0 Å². The summed E-state index contributed by atoms with van der Waals surface area (Å²) in [6, 6.07) is 0. The van der Waals surface area contributed by atoms with E-state index in [0.717, 1.165) is 0 Å². The predicted molar refractivity (Wildman–Crippen MR) is 25.6 cm³/mol. The molecule has 0 bridgehead atoms. The molecular weight excluding hydrogens is 96.1 g/mol. The Morgan fingerprint density at radius 1 is 1.67 bits per heavy atom. The molecule has 0 aliphatic carbocycles. The smallest absolute Gasteiger partial charge is 0.176 e. The Kier molecular flexibility index (Phi) is 1.22. The average Bonchev–Trinajstić information content (AvgIpc) is 1.72.